The summed E-state index contributed by atoms with van der Waals surface area (Å²) in [4.78, 5) is 8.67. The smallest absolute Gasteiger partial charge is 0.224 e. The van der Waals surface area contributed by atoms with Gasteiger partial charge >= 0.3 is 0 Å². The van der Waals surface area contributed by atoms with Gasteiger partial charge in [-0.1, -0.05) is 12.8 Å². The summed E-state index contributed by atoms with van der Waals surface area (Å²) in [5.74, 6) is 1.41. The van der Waals surface area contributed by atoms with Crippen LogP contribution in [0.4, 0.5) is 11.8 Å². The van der Waals surface area contributed by atoms with Crippen LogP contribution in [0.1, 0.15) is 38.3 Å². The molecule has 0 aliphatic heterocycles. The van der Waals surface area contributed by atoms with Crippen molar-refractivity contribution in [2.45, 2.75) is 45.1 Å². The Morgan fingerprint density at radius 3 is 2.67 bits per heavy atom. The average Bonchev–Trinajstić information content (AvgIpc) is 2.74. The lowest BCUT2D eigenvalue weighted by Gasteiger charge is -2.22. The van der Waals surface area contributed by atoms with E-state index in [0.717, 1.165) is 43.7 Å². The summed E-state index contributed by atoms with van der Waals surface area (Å²) in [6.45, 7) is 5.32. The maximum Gasteiger partial charge on any atom is 0.224 e. The summed E-state index contributed by atoms with van der Waals surface area (Å²) in [5.41, 5.74) is 0.360. The van der Waals surface area contributed by atoms with E-state index in [2.05, 4.69) is 20.6 Å². The summed E-state index contributed by atoms with van der Waals surface area (Å²) < 4.78 is 0. The van der Waals surface area contributed by atoms with Gasteiger partial charge in [-0.05, 0) is 26.7 Å². The number of hydrogen-bond acceptors (Lipinski definition) is 5. The summed E-state index contributed by atoms with van der Waals surface area (Å²) >= 11 is 0. The topological polar surface area (TPSA) is 70.1 Å². The number of aromatic nitrogens is 2. The molecule has 1 heterocycles. The molecule has 1 aliphatic carbocycles. The van der Waals surface area contributed by atoms with Crippen LogP contribution in [0.25, 0.3) is 0 Å². The van der Waals surface area contributed by atoms with Gasteiger partial charge in [0, 0.05) is 24.8 Å². The second kappa shape index (κ2) is 5.52. The third-order valence-corrected chi connectivity index (χ3v) is 3.32. The van der Waals surface area contributed by atoms with Crippen LogP contribution in [0.2, 0.25) is 0 Å². The molecule has 0 spiro atoms. The molecule has 0 saturated heterocycles. The monoisotopic (exact) mass is 250 g/mol. The Labute approximate surface area is 108 Å². The zero-order chi connectivity index (χ0) is 13.0. The van der Waals surface area contributed by atoms with Crippen molar-refractivity contribution in [1.29, 1.82) is 0 Å². The molecular formula is C13H22N4O. The molecular weight excluding hydrogens is 228 g/mol. The second-order valence-corrected chi connectivity index (χ2v) is 5.03. The first kappa shape index (κ1) is 13.1. The van der Waals surface area contributed by atoms with Gasteiger partial charge in [-0.2, -0.15) is 4.98 Å². The molecule has 100 valence electrons. The highest BCUT2D eigenvalue weighted by molar-refractivity contribution is 5.42. The van der Waals surface area contributed by atoms with Crippen molar-refractivity contribution in [2.24, 2.45) is 0 Å². The van der Waals surface area contributed by atoms with E-state index in [0.29, 0.717) is 12.5 Å². The zero-order valence-corrected chi connectivity index (χ0v) is 11.2. The molecule has 0 aromatic carbocycles. The van der Waals surface area contributed by atoms with Crippen LogP contribution in [0, 0.1) is 6.92 Å². The van der Waals surface area contributed by atoms with Crippen LogP contribution in [0.3, 0.4) is 0 Å². The number of nitrogens with one attached hydrogen (secondary N) is 2. The molecule has 5 nitrogen and oxygen atoms in total. The molecule has 3 N–H and O–H groups in total. The summed E-state index contributed by atoms with van der Waals surface area (Å²) in [6, 6.07) is 1.90. The Balaban J connectivity index is 2.00. The number of nitrogens with zero attached hydrogens (tertiary/aromatic N) is 2. The van der Waals surface area contributed by atoms with E-state index < -0.39 is 5.60 Å². The maximum atomic E-state index is 10.3. The molecule has 1 aromatic heterocycles. The van der Waals surface area contributed by atoms with Crippen molar-refractivity contribution >= 4 is 11.8 Å². The van der Waals surface area contributed by atoms with Gasteiger partial charge in [0.15, 0.2) is 0 Å². The summed E-state index contributed by atoms with van der Waals surface area (Å²) in [5, 5.41) is 16.6. The van der Waals surface area contributed by atoms with Crippen molar-refractivity contribution in [1.82, 2.24) is 9.97 Å². The molecule has 0 amide bonds. The van der Waals surface area contributed by atoms with Crippen molar-refractivity contribution < 1.29 is 5.11 Å². The highest BCUT2D eigenvalue weighted by Crippen LogP contribution is 2.29. The van der Waals surface area contributed by atoms with E-state index in [9.17, 15) is 5.11 Å². The molecule has 1 saturated carbocycles. The number of aliphatic hydroxyl groups is 1. The lowest BCUT2D eigenvalue weighted by molar-refractivity contribution is 0.0614. The number of rotatable bonds is 5. The predicted molar refractivity (Wildman–Crippen MR) is 72.8 cm³/mol. The van der Waals surface area contributed by atoms with E-state index in [1.807, 2.05) is 19.9 Å². The Morgan fingerprint density at radius 1 is 1.28 bits per heavy atom. The van der Waals surface area contributed by atoms with Gasteiger partial charge in [-0.15, -0.1) is 0 Å². The Bertz CT molecular complexity index is 402. The molecule has 0 bridgehead atoms. The Morgan fingerprint density at radius 2 is 2.00 bits per heavy atom. The van der Waals surface area contributed by atoms with Gasteiger partial charge in [0.05, 0.1) is 5.60 Å². The fraction of sp³-hybridized carbons (Fsp3) is 0.692. The standard InChI is InChI=1S/C13H22N4O/c1-3-14-12-16-10(2)8-11(17-12)15-9-13(18)6-4-5-7-13/h8,18H,3-7,9H2,1-2H3,(H2,14,15,16,17). The van der Waals surface area contributed by atoms with E-state index in [1.54, 1.807) is 0 Å². The second-order valence-electron chi connectivity index (χ2n) is 5.03. The van der Waals surface area contributed by atoms with Crippen LogP contribution in [-0.4, -0.2) is 33.8 Å². The minimum Gasteiger partial charge on any atom is -0.388 e. The van der Waals surface area contributed by atoms with Crippen LogP contribution in [0.5, 0.6) is 0 Å². The number of hydrogen-bond donors (Lipinski definition) is 3. The first-order chi connectivity index (χ1) is 8.61. The van der Waals surface area contributed by atoms with Gasteiger partial charge in [-0.3, -0.25) is 0 Å². The van der Waals surface area contributed by atoms with E-state index >= 15 is 0 Å². The highest BCUT2D eigenvalue weighted by Gasteiger charge is 2.30. The largest absolute Gasteiger partial charge is 0.388 e. The fourth-order valence-corrected chi connectivity index (χ4v) is 2.36. The molecule has 5 heteroatoms. The molecule has 1 fully saturated rings. The van der Waals surface area contributed by atoms with Gasteiger partial charge < -0.3 is 15.7 Å². The first-order valence-electron chi connectivity index (χ1n) is 6.67. The van der Waals surface area contributed by atoms with Crippen LogP contribution in [0.15, 0.2) is 6.07 Å². The Hall–Kier alpha value is -1.36. The van der Waals surface area contributed by atoms with E-state index in [1.165, 1.54) is 0 Å². The summed E-state index contributed by atoms with van der Waals surface area (Å²) in [7, 11) is 0. The fourth-order valence-electron chi connectivity index (χ4n) is 2.36. The van der Waals surface area contributed by atoms with Crippen LogP contribution < -0.4 is 10.6 Å². The third-order valence-electron chi connectivity index (χ3n) is 3.32. The third kappa shape index (κ3) is 3.32. The normalized spacial score (nSPS) is 17.7. The van der Waals surface area contributed by atoms with Crippen molar-refractivity contribution in [3.8, 4) is 0 Å². The molecule has 1 aromatic rings. The quantitative estimate of drug-likeness (QED) is 0.745. The molecule has 0 atom stereocenters. The zero-order valence-electron chi connectivity index (χ0n) is 11.2. The SMILES string of the molecule is CCNc1nc(C)cc(NCC2(O)CCCC2)n1. The molecule has 0 radical (unpaired) electrons. The average molecular weight is 250 g/mol. The van der Waals surface area contributed by atoms with Crippen molar-refractivity contribution in [2.75, 3.05) is 23.7 Å². The molecule has 18 heavy (non-hydrogen) atoms. The number of anilines is 2. The van der Waals surface area contributed by atoms with Gasteiger partial charge in [-0.25, -0.2) is 4.98 Å². The van der Waals surface area contributed by atoms with Gasteiger partial charge in [0.2, 0.25) is 5.95 Å². The highest BCUT2D eigenvalue weighted by atomic mass is 16.3. The van der Waals surface area contributed by atoms with Gasteiger partial charge in [0.1, 0.15) is 5.82 Å². The lowest BCUT2D eigenvalue weighted by atomic mass is 10.0. The van der Waals surface area contributed by atoms with E-state index in [4.69, 9.17) is 0 Å². The minimum atomic E-state index is -0.558. The van der Waals surface area contributed by atoms with Gasteiger partial charge in [0.25, 0.3) is 0 Å². The van der Waals surface area contributed by atoms with Crippen molar-refractivity contribution in [3.05, 3.63) is 11.8 Å². The number of aryl methyl sites for hydroxylation is 1. The lowest BCUT2D eigenvalue weighted by Crippen LogP contribution is -2.33. The minimum absolute atomic E-state index is 0.558. The van der Waals surface area contributed by atoms with Crippen LogP contribution >= 0.6 is 0 Å². The van der Waals surface area contributed by atoms with E-state index in [-0.39, 0.29) is 0 Å². The predicted octanol–water partition coefficient (Wildman–Crippen LogP) is 1.93. The maximum absolute atomic E-state index is 10.3. The molecule has 0 unspecified atom stereocenters. The summed E-state index contributed by atoms with van der Waals surface area (Å²) in [6.07, 6.45) is 3.99. The van der Waals surface area contributed by atoms with Crippen molar-refractivity contribution in [3.63, 3.8) is 0 Å². The molecule has 1 aliphatic rings. The Kier molecular flexibility index (Phi) is 4.01. The van der Waals surface area contributed by atoms with Crippen LogP contribution in [-0.2, 0) is 0 Å². The molecule has 2 rings (SSSR count). The first-order valence-corrected chi connectivity index (χ1v) is 6.67.